The topological polar surface area (TPSA) is 29.9 Å². The van der Waals surface area contributed by atoms with Crippen molar-refractivity contribution in [2.45, 2.75) is 90.1 Å². The van der Waals surface area contributed by atoms with Gasteiger partial charge in [0.15, 0.2) is 0 Å². The van der Waals surface area contributed by atoms with E-state index in [2.05, 4.69) is 30.7 Å². The molecular weight excluding hydrogens is 258 g/mol. The van der Waals surface area contributed by atoms with Crippen LogP contribution in [0.4, 0.5) is 0 Å². The SMILES string of the molecule is CCC(CC)(CC)n1c(C2CCCC2)nc2c1CCNC2. The molecule has 2 aliphatic rings. The van der Waals surface area contributed by atoms with E-state index in [1.54, 1.807) is 5.69 Å². The van der Waals surface area contributed by atoms with Gasteiger partial charge in [-0.1, -0.05) is 33.6 Å². The number of nitrogens with zero attached hydrogens (tertiary/aromatic N) is 2. The van der Waals surface area contributed by atoms with E-state index in [4.69, 9.17) is 4.98 Å². The zero-order valence-corrected chi connectivity index (χ0v) is 14.0. The van der Waals surface area contributed by atoms with Crippen LogP contribution in [0.1, 0.15) is 88.8 Å². The fraction of sp³-hybridized carbons (Fsp3) is 0.833. The lowest BCUT2D eigenvalue weighted by molar-refractivity contribution is 0.231. The number of nitrogens with one attached hydrogen (secondary N) is 1. The van der Waals surface area contributed by atoms with Crippen molar-refractivity contribution in [3.05, 3.63) is 17.2 Å². The van der Waals surface area contributed by atoms with Crippen LogP contribution in [0.5, 0.6) is 0 Å². The summed E-state index contributed by atoms with van der Waals surface area (Å²) >= 11 is 0. The molecule has 3 rings (SSSR count). The maximum Gasteiger partial charge on any atom is 0.112 e. The standard InChI is InChI=1S/C18H31N3/c1-4-18(5-2,6-3)21-16-11-12-19-13-15(16)20-17(21)14-9-7-8-10-14/h14,19H,4-13H2,1-3H3. The fourth-order valence-corrected chi connectivity index (χ4v) is 4.54. The molecule has 0 unspecified atom stereocenters. The van der Waals surface area contributed by atoms with Crippen LogP contribution >= 0.6 is 0 Å². The molecule has 1 saturated carbocycles. The second kappa shape index (κ2) is 6.12. The first-order chi connectivity index (χ1) is 10.3. The highest BCUT2D eigenvalue weighted by molar-refractivity contribution is 5.25. The molecule has 118 valence electrons. The molecule has 0 radical (unpaired) electrons. The molecule has 2 heterocycles. The number of hydrogen-bond acceptors (Lipinski definition) is 2. The van der Waals surface area contributed by atoms with Crippen molar-refractivity contribution in [2.75, 3.05) is 6.54 Å². The maximum absolute atomic E-state index is 5.14. The Balaban J connectivity index is 2.12. The van der Waals surface area contributed by atoms with Gasteiger partial charge in [-0.25, -0.2) is 4.98 Å². The van der Waals surface area contributed by atoms with Crippen LogP contribution in [0.25, 0.3) is 0 Å². The van der Waals surface area contributed by atoms with Gasteiger partial charge in [0.1, 0.15) is 5.82 Å². The molecule has 1 aromatic rings. The first-order valence-corrected chi connectivity index (χ1v) is 9.07. The smallest absolute Gasteiger partial charge is 0.112 e. The summed E-state index contributed by atoms with van der Waals surface area (Å²) in [4.78, 5) is 5.14. The van der Waals surface area contributed by atoms with E-state index in [9.17, 15) is 0 Å². The van der Waals surface area contributed by atoms with Crippen LogP contribution in [0.2, 0.25) is 0 Å². The summed E-state index contributed by atoms with van der Waals surface area (Å²) in [5, 5.41) is 3.50. The maximum atomic E-state index is 5.14. The number of rotatable bonds is 5. The predicted molar refractivity (Wildman–Crippen MR) is 87.7 cm³/mol. The lowest BCUT2D eigenvalue weighted by Crippen LogP contribution is -2.36. The van der Waals surface area contributed by atoms with Crippen molar-refractivity contribution in [3.63, 3.8) is 0 Å². The largest absolute Gasteiger partial charge is 0.325 e. The lowest BCUT2D eigenvalue weighted by Gasteiger charge is -2.37. The first-order valence-electron chi connectivity index (χ1n) is 9.07. The molecular formula is C18H31N3. The number of fused-ring (bicyclic) bond motifs is 1. The summed E-state index contributed by atoms with van der Waals surface area (Å²) in [6.07, 6.45) is 10.3. The van der Waals surface area contributed by atoms with Crippen molar-refractivity contribution in [1.29, 1.82) is 0 Å². The van der Waals surface area contributed by atoms with Crippen LogP contribution in [-0.4, -0.2) is 16.1 Å². The molecule has 1 N–H and O–H groups in total. The van der Waals surface area contributed by atoms with E-state index in [1.807, 2.05) is 0 Å². The summed E-state index contributed by atoms with van der Waals surface area (Å²) in [6, 6.07) is 0. The summed E-state index contributed by atoms with van der Waals surface area (Å²) in [7, 11) is 0. The zero-order chi connectivity index (χ0) is 14.9. The Morgan fingerprint density at radius 3 is 2.43 bits per heavy atom. The molecule has 0 spiro atoms. The highest BCUT2D eigenvalue weighted by Gasteiger charge is 2.36. The third-order valence-electron chi connectivity index (χ3n) is 6.08. The molecule has 1 aromatic heterocycles. The van der Waals surface area contributed by atoms with E-state index in [0.717, 1.165) is 19.5 Å². The molecule has 0 saturated heterocycles. The van der Waals surface area contributed by atoms with E-state index < -0.39 is 0 Å². The summed E-state index contributed by atoms with van der Waals surface area (Å²) in [5.41, 5.74) is 3.17. The van der Waals surface area contributed by atoms with Gasteiger partial charge in [0, 0.05) is 36.7 Å². The lowest BCUT2D eigenvalue weighted by atomic mass is 9.87. The second-order valence-electron chi connectivity index (χ2n) is 6.89. The Morgan fingerprint density at radius 1 is 1.14 bits per heavy atom. The van der Waals surface area contributed by atoms with Gasteiger partial charge in [0.05, 0.1) is 5.69 Å². The predicted octanol–water partition coefficient (Wildman–Crippen LogP) is 4.11. The quantitative estimate of drug-likeness (QED) is 0.884. The molecule has 1 aliphatic heterocycles. The molecule has 1 fully saturated rings. The Labute approximate surface area is 129 Å². The van der Waals surface area contributed by atoms with Crippen LogP contribution < -0.4 is 5.32 Å². The third-order valence-corrected chi connectivity index (χ3v) is 6.08. The molecule has 0 amide bonds. The molecule has 0 bridgehead atoms. The molecule has 3 heteroatoms. The Bertz CT molecular complexity index is 471. The van der Waals surface area contributed by atoms with Gasteiger partial charge in [0.25, 0.3) is 0 Å². The van der Waals surface area contributed by atoms with E-state index >= 15 is 0 Å². The van der Waals surface area contributed by atoms with E-state index in [1.165, 1.54) is 56.5 Å². The number of imidazole rings is 1. The summed E-state index contributed by atoms with van der Waals surface area (Å²) < 4.78 is 2.72. The van der Waals surface area contributed by atoms with Gasteiger partial charge in [-0.2, -0.15) is 0 Å². The van der Waals surface area contributed by atoms with Gasteiger partial charge in [-0.05, 0) is 32.1 Å². The van der Waals surface area contributed by atoms with Crippen LogP contribution in [0, 0.1) is 0 Å². The van der Waals surface area contributed by atoms with Gasteiger partial charge in [0.2, 0.25) is 0 Å². The van der Waals surface area contributed by atoms with Crippen molar-refractivity contribution in [2.24, 2.45) is 0 Å². The third kappa shape index (κ3) is 2.44. The molecule has 1 aliphatic carbocycles. The van der Waals surface area contributed by atoms with Crippen molar-refractivity contribution >= 4 is 0 Å². The molecule has 3 nitrogen and oxygen atoms in total. The van der Waals surface area contributed by atoms with Gasteiger partial charge >= 0.3 is 0 Å². The monoisotopic (exact) mass is 289 g/mol. The average Bonchev–Trinajstić information content (AvgIpc) is 3.17. The molecule has 0 aromatic carbocycles. The van der Waals surface area contributed by atoms with E-state index in [-0.39, 0.29) is 5.54 Å². The van der Waals surface area contributed by atoms with Gasteiger partial charge in [-0.15, -0.1) is 0 Å². The van der Waals surface area contributed by atoms with Gasteiger partial charge < -0.3 is 9.88 Å². The number of hydrogen-bond donors (Lipinski definition) is 1. The normalized spacial score (nSPS) is 20.0. The van der Waals surface area contributed by atoms with Crippen LogP contribution in [0.3, 0.4) is 0 Å². The Morgan fingerprint density at radius 2 is 1.81 bits per heavy atom. The zero-order valence-electron chi connectivity index (χ0n) is 14.0. The highest BCUT2D eigenvalue weighted by Crippen LogP contribution is 2.41. The van der Waals surface area contributed by atoms with Crippen molar-refractivity contribution in [3.8, 4) is 0 Å². The van der Waals surface area contributed by atoms with Crippen LogP contribution in [0.15, 0.2) is 0 Å². The minimum Gasteiger partial charge on any atom is -0.325 e. The van der Waals surface area contributed by atoms with Crippen molar-refractivity contribution in [1.82, 2.24) is 14.9 Å². The first kappa shape index (κ1) is 15.1. The highest BCUT2D eigenvalue weighted by atomic mass is 15.2. The summed E-state index contributed by atoms with van der Waals surface area (Å²) in [6.45, 7) is 9.15. The minimum absolute atomic E-state index is 0.288. The fourth-order valence-electron chi connectivity index (χ4n) is 4.54. The van der Waals surface area contributed by atoms with Crippen LogP contribution in [-0.2, 0) is 18.5 Å². The van der Waals surface area contributed by atoms with E-state index in [0.29, 0.717) is 5.92 Å². The summed E-state index contributed by atoms with van der Waals surface area (Å²) in [5.74, 6) is 2.13. The Hall–Kier alpha value is -0.830. The average molecular weight is 289 g/mol. The second-order valence-corrected chi connectivity index (χ2v) is 6.89. The minimum atomic E-state index is 0.288. The molecule has 21 heavy (non-hydrogen) atoms. The number of aromatic nitrogens is 2. The van der Waals surface area contributed by atoms with Crippen molar-refractivity contribution < 1.29 is 0 Å². The van der Waals surface area contributed by atoms with Gasteiger partial charge in [-0.3, -0.25) is 0 Å². The Kier molecular flexibility index (Phi) is 4.39. The molecule has 0 atom stereocenters.